The third-order valence-electron chi connectivity index (χ3n) is 8.57. The van der Waals surface area contributed by atoms with E-state index in [0.29, 0.717) is 11.8 Å². The molecule has 0 saturated carbocycles. The van der Waals surface area contributed by atoms with Crippen LogP contribution in [0.15, 0.2) is 138 Å². The molecule has 200 valence electrons. The topological polar surface area (TPSA) is 17.1 Å². The molecule has 1 nitrogen and oxygen atoms in total. The predicted octanol–water partition coefficient (Wildman–Crippen LogP) is 8.57. The van der Waals surface area contributed by atoms with Gasteiger partial charge in [-0.25, -0.2) is 0 Å². The van der Waals surface area contributed by atoms with Crippen LogP contribution in [0.3, 0.4) is 0 Å². The standard InChI is InChI=1S/C37H36OP2/c1-4-24-39(3)29-20-22-34-35(25-29)27(2)33-23-21-32(26-36(33)37(34)28-14-8-5-9-15-28)40(38,30-16-10-6-11-17-30)31-18-12-7-13-19-31/h5-23,25-27,35H,4,24H2,1-3H3/p+1. The number of allylic oxidation sites excluding steroid dienone is 5. The van der Waals surface area contributed by atoms with Crippen LogP contribution in [0, 0.1) is 5.92 Å². The SMILES string of the molecule is CCC[PH+](C)C1=CC2C(=C(c3ccccc3)c3cc(P(=O)(c4ccccc4)c4ccccc4)ccc3C2C)C=C1. The smallest absolute Gasteiger partial charge is 0.171 e. The summed E-state index contributed by atoms with van der Waals surface area (Å²) in [6.07, 6.45) is 9.90. The maximum absolute atomic E-state index is 15.3. The second-order valence-electron chi connectivity index (χ2n) is 11.0. The first-order valence-corrected chi connectivity index (χ1v) is 18.3. The molecule has 0 aromatic heterocycles. The third-order valence-corrected chi connectivity index (χ3v) is 14.2. The van der Waals surface area contributed by atoms with Gasteiger partial charge in [0.2, 0.25) is 0 Å². The fourth-order valence-electron chi connectivity index (χ4n) is 6.45. The van der Waals surface area contributed by atoms with Gasteiger partial charge in [0.05, 0.1) is 18.1 Å². The van der Waals surface area contributed by atoms with Gasteiger partial charge in [-0.2, -0.15) is 0 Å². The minimum atomic E-state index is -3.08. The van der Waals surface area contributed by atoms with Crippen LogP contribution in [0.25, 0.3) is 5.57 Å². The van der Waals surface area contributed by atoms with Gasteiger partial charge in [0, 0.05) is 29.8 Å². The van der Waals surface area contributed by atoms with E-state index < -0.39 is 15.1 Å². The summed E-state index contributed by atoms with van der Waals surface area (Å²) in [4.78, 5) is 0. The maximum atomic E-state index is 15.3. The van der Waals surface area contributed by atoms with Crippen LogP contribution in [0.2, 0.25) is 0 Å². The second kappa shape index (κ2) is 11.3. The molecule has 0 saturated heterocycles. The average Bonchev–Trinajstić information content (AvgIpc) is 3.02. The van der Waals surface area contributed by atoms with Crippen molar-refractivity contribution in [3.8, 4) is 0 Å². The number of rotatable bonds is 7. The van der Waals surface area contributed by atoms with Crippen molar-refractivity contribution in [2.24, 2.45) is 5.92 Å². The number of fused-ring (bicyclic) bond motifs is 2. The van der Waals surface area contributed by atoms with Crippen LogP contribution in [0.4, 0.5) is 0 Å². The molecular weight excluding hydrogens is 522 g/mol. The van der Waals surface area contributed by atoms with Crippen molar-refractivity contribution < 1.29 is 4.57 Å². The second-order valence-corrected chi connectivity index (χ2v) is 16.5. The fraction of sp³-hybridized carbons (Fsp3) is 0.189. The summed E-state index contributed by atoms with van der Waals surface area (Å²) in [7, 11) is -3.62. The van der Waals surface area contributed by atoms with E-state index in [4.69, 9.17) is 0 Å². The Labute approximate surface area is 240 Å². The van der Waals surface area contributed by atoms with Crippen molar-refractivity contribution >= 4 is 36.6 Å². The fourth-order valence-corrected chi connectivity index (χ4v) is 11.0. The van der Waals surface area contributed by atoms with Crippen molar-refractivity contribution in [2.45, 2.75) is 26.2 Å². The Morgan fingerprint density at radius 3 is 1.95 bits per heavy atom. The molecular formula is C37H37OP2+. The Morgan fingerprint density at radius 1 is 0.750 bits per heavy atom. The molecule has 40 heavy (non-hydrogen) atoms. The van der Waals surface area contributed by atoms with Crippen LogP contribution in [-0.4, -0.2) is 12.8 Å². The van der Waals surface area contributed by atoms with Gasteiger partial charge < -0.3 is 4.57 Å². The van der Waals surface area contributed by atoms with Gasteiger partial charge in [0.25, 0.3) is 0 Å². The lowest BCUT2D eigenvalue weighted by Gasteiger charge is -2.36. The highest BCUT2D eigenvalue weighted by Crippen LogP contribution is 2.53. The minimum absolute atomic E-state index is 0.343. The molecule has 3 heteroatoms. The van der Waals surface area contributed by atoms with Crippen molar-refractivity contribution in [1.82, 2.24) is 0 Å². The summed E-state index contributed by atoms with van der Waals surface area (Å²) >= 11 is 0. The average molecular weight is 560 g/mol. The van der Waals surface area contributed by atoms with Crippen LogP contribution >= 0.6 is 15.1 Å². The molecule has 3 atom stereocenters. The molecule has 0 bridgehead atoms. The Kier molecular flexibility index (Phi) is 7.63. The molecule has 4 aromatic rings. The van der Waals surface area contributed by atoms with Gasteiger partial charge in [0.1, 0.15) is 0 Å². The molecule has 2 aliphatic rings. The zero-order valence-electron chi connectivity index (χ0n) is 23.5. The van der Waals surface area contributed by atoms with Gasteiger partial charge in [-0.05, 0) is 58.4 Å². The molecule has 0 N–H and O–H groups in total. The number of hydrogen-bond donors (Lipinski definition) is 0. The lowest BCUT2D eigenvalue weighted by Crippen LogP contribution is -2.27. The highest BCUT2D eigenvalue weighted by atomic mass is 31.2. The van der Waals surface area contributed by atoms with Crippen molar-refractivity contribution in [1.29, 1.82) is 0 Å². The summed E-state index contributed by atoms with van der Waals surface area (Å²) in [6, 6.07) is 37.4. The normalized spacial score (nSPS) is 19.0. The molecule has 0 radical (unpaired) electrons. The monoisotopic (exact) mass is 559 g/mol. The van der Waals surface area contributed by atoms with Gasteiger partial charge in [-0.15, -0.1) is 0 Å². The van der Waals surface area contributed by atoms with E-state index in [1.165, 1.54) is 40.4 Å². The Morgan fingerprint density at radius 2 is 1.35 bits per heavy atom. The molecule has 2 aliphatic carbocycles. The largest absolute Gasteiger partial charge is 0.309 e. The lowest BCUT2D eigenvalue weighted by atomic mass is 9.69. The molecule has 6 rings (SSSR count). The lowest BCUT2D eigenvalue weighted by molar-refractivity contribution is 0.592. The van der Waals surface area contributed by atoms with E-state index in [1.54, 1.807) is 5.31 Å². The zero-order chi connectivity index (χ0) is 27.7. The van der Waals surface area contributed by atoms with E-state index in [1.807, 2.05) is 60.7 Å². The Hall–Kier alpha value is -3.24. The minimum Gasteiger partial charge on any atom is -0.309 e. The van der Waals surface area contributed by atoms with Gasteiger partial charge in [-0.1, -0.05) is 123 Å². The van der Waals surface area contributed by atoms with E-state index in [0.717, 1.165) is 15.9 Å². The highest BCUT2D eigenvalue weighted by Gasteiger charge is 2.37. The van der Waals surface area contributed by atoms with Gasteiger partial charge >= 0.3 is 0 Å². The first-order valence-electron chi connectivity index (χ1n) is 14.4. The van der Waals surface area contributed by atoms with Crippen molar-refractivity contribution in [3.63, 3.8) is 0 Å². The van der Waals surface area contributed by atoms with E-state index in [-0.39, 0.29) is 0 Å². The Balaban J connectivity index is 1.58. The summed E-state index contributed by atoms with van der Waals surface area (Å²) in [5.41, 5.74) is 6.44. The highest BCUT2D eigenvalue weighted by molar-refractivity contribution is 7.85. The number of benzene rings is 4. The van der Waals surface area contributed by atoms with Crippen LogP contribution < -0.4 is 15.9 Å². The van der Waals surface area contributed by atoms with E-state index in [9.17, 15) is 0 Å². The van der Waals surface area contributed by atoms with Crippen LogP contribution in [-0.2, 0) is 4.57 Å². The summed E-state index contributed by atoms with van der Waals surface area (Å²) in [5, 5.41) is 4.19. The zero-order valence-corrected chi connectivity index (χ0v) is 25.4. The molecule has 0 spiro atoms. The molecule has 3 unspecified atom stereocenters. The third kappa shape index (κ3) is 4.71. The molecule has 0 fully saturated rings. The number of hydrogen-bond acceptors (Lipinski definition) is 1. The summed E-state index contributed by atoms with van der Waals surface area (Å²) in [6.45, 7) is 7.12. The Bertz CT molecular complexity index is 1610. The molecule has 0 heterocycles. The first-order chi connectivity index (χ1) is 19.5. The van der Waals surface area contributed by atoms with Crippen LogP contribution in [0.5, 0.6) is 0 Å². The predicted molar refractivity (Wildman–Crippen MR) is 177 cm³/mol. The molecule has 0 aliphatic heterocycles. The summed E-state index contributed by atoms with van der Waals surface area (Å²) in [5.74, 6) is 0.691. The van der Waals surface area contributed by atoms with Gasteiger partial charge in [-0.3, -0.25) is 0 Å². The first kappa shape index (κ1) is 27.0. The summed E-state index contributed by atoms with van der Waals surface area (Å²) < 4.78 is 15.3. The molecule has 0 amide bonds. The van der Waals surface area contributed by atoms with E-state index >= 15 is 4.57 Å². The molecule has 4 aromatic carbocycles. The maximum Gasteiger partial charge on any atom is 0.171 e. The quantitative estimate of drug-likeness (QED) is 0.207. The van der Waals surface area contributed by atoms with Crippen molar-refractivity contribution in [3.05, 3.63) is 155 Å². The van der Waals surface area contributed by atoms with Gasteiger partial charge in [0.15, 0.2) is 7.14 Å². The van der Waals surface area contributed by atoms with Crippen molar-refractivity contribution in [2.75, 3.05) is 12.8 Å². The van der Waals surface area contributed by atoms with E-state index in [2.05, 4.69) is 87.3 Å². The van der Waals surface area contributed by atoms with Crippen LogP contribution in [0.1, 0.15) is 42.9 Å².